The van der Waals surface area contributed by atoms with E-state index in [1.54, 1.807) is 0 Å². The minimum Gasteiger partial charge on any atom is -0.545 e. The predicted octanol–water partition coefficient (Wildman–Crippen LogP) is 0.0985. The van der Waals surface area contributed by atoms with Gasteiger partial charge >= 0.3 is 44.0 Å². The van der Waals surface area contributed by atoms with E-state index in [2.05, 4.69) is 27.2 Å². The molecule has 0 amide bonds. The van der Waals surface area contributed by atoms with Crippen molar-refractivity contribution in [2.24, 2.45) is 0 Å². The van der Waals surface area contributed by atoms with Crippen LogP contribution in [0.2, 0.25) is 0 Å². The first kappa shape index (κ1) is 29.2. The summed E-state index contributed by atoms with van der Waals surface area (Å²) in [5.41, 5.74) is 0. The molecule has 9 heteroatoms. The molecule has 92 valence electrons. The van der Waals surface area contributed by atoms with E-state index in [0.717, 1.165) is 0 Å². The second-order valence-electron chi connectivity index (χ2n) is 0.747. The van der Waals surface area contributed by atoms with E-state index < -0.39 is 10.8 Å². The molecule has 0 bridgehead atoms. The molecule has 0 saturated carbocycles. The molecule has 0 heterocycles. The molecule has 0 rings (SSSR count). The van der Waals surface area contributed by atoms with Gasteiger partial charge in [0.25, 0.3) is 0 Å². The van der Waals surface area contributed by atoms with Gasteiger partial charge < -0.3 is 19.2 Å². The molecular formula is C6H4F4FeO4-4. The van der Waals surface area contributed by atoms with Crippen LogP contribution < -0.4 is 0 Å². The molecule has 0 unspecified atom stereocenters. The Balaban J connectivity index is -0.0000000353. The van der Waals surface area contributed by atoms with Gasteiger partial charge in [0.2, 0.25) is 0 Å². The van der Waals surface area contributed by atoms with Gasteiger partial charge in [0.05, 0.1) is 0 Å². The van der Waals surface area contributed by atoms with Crippen molar-refractivity contribution >= 4 is 31.8 Å². The van der Waals surface area contributed by atoms with Gasteiger partial charge in [-0.2, -0.15) is 0 Å². The summed E-state index contributed by atoms with van der Waals surface area (Å²) in [7, 11) is 0. The van der Waals surface area contributed by atoms with Crippen LogP contribution in [0.3, 0.4) is 0 Å². The number of alkyl halides is 3. The van der Waals surface area contributed by atoms with Gasteiger partial charge in [-0.25, -0.2) is 0 Å². The van der Waals surface area contributed by atoms with Crippen molar-refractivity contribution in [3.8, 4) is 0 Å². The van der Waals surface area contributed by atoms with Crippen molar-refractivity contribution < 1.29 is 52.3 Å². The molecule has 0 spiro atoms. The zero-order valence-electron chi connectivity index (χ0n) is 6.81. The standard InChI is InChI=1S/C2F4.4CHO.Fe/c3-1-2(4,5)6;4*1-2;/h;4*1H;/q;4*-1;. The molecule has 0 atom stereocenters. The molecule has 0 aromatic carbocycles. The second-order valence-corrected chi connectivity index (χ2v) is 1.23. The molecule has 0 saturated heterocycles. The van der Waals surface area contributed by atoms with Gasteiger partial charge in [0.15, 0.2) is 0 Å². The third-order valence-electron chi connectivity index (χ3n) is 0.207. The fraction of sp³-hybridized carbons (Fsp3) is 0.167. The zero-order chi connectivity index (χ0) is 14.1. The molecule has 0 radical (unpaired) electrons. The van der Waals surface area contributed by atoms with Crippen LogP contribution in [0.25, 0.3) is 0 Å². The number of rotatable bonds is 0. The molecule has 0 aromatic rings. The third kappa shape index (κ3) is 64.9. The summed E-state index contributed by atoms with van der Waals surface area (Å²) in [5.74, 6) is 0. The minimum absolute atomic E-state index is 2.03. The summed E-state index contributed by atoms with van der Waals surface area (Å²) in [6.45, 7) is 13.0. The topological polar surface area (TPSA) is 68.3 Å². The van der Waals surface area contributed by atoms with Crippen LogP contribution >= 0.6 is 0 Å². The molecule has 0 aliphatic heterocycles. The number of hydrogen-bond acceptors (Lipinski definition) is 4. The Morgan fingerprint density at radius 2 is 0.867 bits per heavy atom. The summed E-state index contributed by atoms with van der Waals surface area (Å²) in [6.07, 6.45) is -4.86. The molecular weight excluding hydrogens is 268 g/mol. The Bertz CT molecular complexity index is 134. The van der Waals surface area contributed by atoms with Crippen LogP contribution in [0.15, 0.2) is 0 Å². The Kier molecular flexibility index (Phi) is 57.0. The molecule has 0 aliphatic carbocycles. The predicted molar refractivity (Wildman–Crippen MR) is 39.2 cm³/mol. The van der Waals surface area contributed by atoms with Crippen LogP contribution in [0.4, 0.5) is 17.6 Å². The minimum atomic E-state index is -4.86. The van der Waals surface area contributed by atoms with Crippen molar-refractivity contribution in [2.45, 2.75) is 6.18 Å². The van der Waals surface area contributed by atoms with Gasteiger partial charge in [0, 0.05) is 0 Å². The van der Waals surface area contributed by atoms with Crippen LogP contribution in [-0.4, -0.2) is 38.0 Å². The van der Waals surface area contributed by atoms with Crippen molar-refractivity contribution in [3.63, 3.8) is 0 Å². The first-order chi connectivity index (χ1) is 6.94. The van der Waals surface area contributed by atoms with Crippen molar-refractivity contribution in [3.05, 3.63) is 0 Å². The first-order valence-corrected chi connectivity index (χ1v) is 2.68. The summed E-state index contributed by atoms with van der Waals surface area (Å²) in [4.78, 5) is 31.0. The quantitative estimate of drug-likeness (QED) is 0.271. The van der Waals surface area contributed by atoms with E-state index in [0.29, 0.717) is 0 Å². The number of halogens is 4. The van der Waals surface area contributed by atoms with E-state index in [1.807, 2.05) is 15.6 Å². The Morgan fingerprint density at radius 3 is 0.867 bits per heavy atom. The Morgan fingerprint density at radius 1 is 0.800 bits per heavy atom. The van der Waals surface area contributed by atoms with Crippen molar-refractivity contribution in [1.82, 2.24) is 0 Å². The smallest absolute Gasteiger partial charge is 0.282 e. The monoisotopic (exact) mass is 272 g/mol. The van der Waals surface area contributed by atoms with E-state index in [4.69, 9.17) is 19.2 Å². The first-order valence-electron chi connectivity index (χ1n) is 2.13. The molecule has 15 heavy (non-hydrogen) atoms. The van der Waals surface area contributed by atoms with Gasteiger partial charge in [-0.1, -0.05) is 0 Å². The van der Waals surface area contributed by atoms with Crippen LogP contribution in [0.5, 0.6) is 0 Å². The van der Waals surface area contributed by atoms with Gasteiger partial charge in [-0.05, 0) is 0 Å². The van der Waals surface area contributed by atoms with Crippen LogP contribution in [0, 0.1) is 0 Å². The maximum absolute atomic E-state index is 10.9. The molecule has 0 aromatic heterocycles. The van der Waals surface area contributed by atoms with E-state index in [1.165, 1.54) is 0 Å². The second kappa shape index (κ2) is 29.3. The average molecular weight is 272 g/mol. The molecule has 0 N–H and O–H groups in total. The van der Waals surface area contributed by atoms with Gasteiger partial charge in [0.1, 0.15) is 0 Å². The van der Waals surface area contributed by atoms with E-state index in [9.17, 15) is 17.6 Å². The summed E-state index contributed by atoms with van der Waals surface area (Å²) in [5, 5.41) is 0. The molecule has 0 aliphatic rings. The van der Waals surface area contributed by atoms with Gasteiger partial charge in [-0.15, -0.1) is 0 Å². The Hall–Kier alpha value is -1.21. The summed E-state index contributed by atoms with van der Waals surface area (Å²) < 4.78 is 40.7. The van der Waals surface area contributed by atoms with Gasteiger partial charge in [-0.3, -0.25) is 27.2 Å². The van der Waals surface area contributed by atoms with Crippen molar-refractivity contribution in [1.29, 1.82) is 0 Å². The largest absolute Gasteiger partial charge is 0.545 e. The third-order valence-corrected chi connectivity index (χ3v) is 0.520. The fourth-order valence-electron chi connectivity index (χ4n) is 0. The van der Waals surface area contributed by atoms with Crippen LogP contribution in [-0.2, 0) is 34.8 Å². The van der Waals surface area contributed by atoms with E-state index >= 15 is 0 Å². The maximum atomic E-state index is 10.9. The number of hydrogen-bond donors (Lipinski definition) is 0. The summed E-state index contributed by atoms with van der Waals surface area (Å²) in [6, 6.07) is 0. The summed E-state index contributed by atoms with van der Waals surface area (Å²) >= 11 is 2.03. The van der Waals surface area contributed by atoms with Crippen LogP contribution in [0.1, 0.15) is 0 Å². The SMILES string of the molecule is F[C](=[Fe])C(F)(F)F.[CH-]=O.[CH-]=O.[CH-]=O.[CH-]=O. The normalized spacial score (nSPS) is 6.47. The average Bonchev–Trinajstić information content (AvgIpc) is 2.28. The maximum Gasteiger partial charge on any atom is -0.282 e. The number of carbonyl (C=O) groups excluding carboxylic acids is 4. The van der Waals surface area contributed by atoms with Crippen molar-refractivity contribution in [2.75, 3.05) is 0 Å². The molecule has 4 nitrogen and oxygen atoms in total. The fourth-order valence-corrected chi connectivity index (χ4v) is 0. The molecule has 0 fully saturated rings. The zero-order valence-corrected chi connectivity index (χ0v) is 7.91. The Labute approximate surface area is 91.0 Å². The van der Waals surface area contributed by atoms with E-state index in [-0.39, 0.29) is 0 Å².